The van der Waals surface area contributed by atoms with Gasteiger partial charge in [-0.2, -0.15) is 0 Å². The van der Waals surface area contributed by atoms with Crippen molar-refractivity contribution in [3.8, 4) is 0 Å². The van der Waals surface area contributed by atoms with Gasteiger partial charge in [-0.3, -0.25) is 9.71 Å². The molecule has 0 unspecified atom stereocenters. The standard InChI is InChI=1S/C11H7Cl3N2O2S/c12-7-2-1-3-8(13)11(7)19(17,18)16-10-4-5-15-6-9(10)14/h1-6H,(H,15,16). The second-order valence-corrected chi connectivity index (χ2v) is 6.35. The Kier molecular flexibility index (Phi) is 4.20. The lowest BCUT2D eigenvalue weighted by molar-refractivity contribution is 0.601. The molecule has 0 saturated heterocycles. The van der Waals surface area contributed by atoms with Crippen molar-refractivity contribution in [3.05, 3.63) is 51.7 Å². The Balaban J connectivity index is 2.47. The highest BCUT2D eigenvalue weighted by Gasteiger charge is 2.22. The molecule has 0 aliphatic carbocycles. The van der Waals surface area contributed by atoms with E-state index in [2.05, 4.69) is 9.71 Å². The first kappa shape index (κ1) is 14.4. The number of benzene rings is 1. The molecule has 8 heteroatoms. The van der Waals surface area contributed by atoms with Gasteiger partial charge < -0.3 is 0 Å². The number of nitrogens with zero attached hydrogens (tertiary/aromatic N) is 1. The normalized spacial score (nSPS) is 11.3. The summed E-state index contributed by atoms with van der Waals surface area (Å²) in [5.41, 5.74) is 0.202. The van der Waals surface area contributed by atoms with E-state index in [0.29, 0.717) is 0 Å². The summed E-state index contributed by atoms with van der Waals surface area (Å²) >= 11 is 17.6. The molecule has 0 fully saturated rings. The van der Waals surface area contributed by atoms with E-state index in [4.69, 9.17) is 34.8 Å². The number of rotatable bonds is 3. The fourth-order valence-electron chi connectivity index (χ4n) is 1.39. The second kappa shape index (κ2) is 5.54. The highest BCUT2D eigenvalue weighted by atomic mass is 35.5. The van der Waals surface area contributed by atoms with Crippen molar-refractivity contribution in [1.29, 1.82) is 0 Å². The smallest absolute Gasteiger partial charge is 0.264 e. The largest absolute Gasteiger partial charge is 0.278 e. The Bertz CT molecular complexity index is 699. The van der Waals surface area contributed by atoms with Crippen molar-refractivity contribution in [1.82, 2.24) is 4.98 Å². The van der Waals surface area contributed by atoms with Crippen molar-refractivity contribution in [3.63, 3.8) is 0 Å². The van der Waals surface area contributed by atoms with Gasteiger partial charge in [0.1, 0.15) is 4.90 Å². The SMILES string of the molecule is O=S(=O)(Nc1ccncc1Cl)c1c(Cl)cccc1Cl. The van der Waals surface area contributed by atoms with Crippen LogP contribution in [0.2, 0.25) is 15.1 Å². The van der Waals surface area contributed by atoms with Crippen LogP contribution in [0.5, 0.6) is 0 Å². The molecule has 100 valence electrons. The predicted molar refractivity (Wildman–Crippen MR) is 76.5 cm³/mol. The number of hydrogen-bond acceptors (Lipinski definition) is 3. The molecule has 0 radical (unpaired) electrons. The van der Waals surface area contributed by atoms with E-state index in [0.717, 1.165) is 0 Å². The molecule has 0 atom stereocenters. The van der Waals surface area contributed by atoms with Gasteiger partial charge in [0.05, 0.1) is 20.8 Å². The molecule has 0 amide bonds. The molecule has 2 aromatic rings. The zero-order valence-corrected chi connectivity index (χ0v) is 12.4. The number of nitrogens with one attached hydrogen (secondary N) is 1. The summed E-state index contributed by atoms with van der Waals surface area (Å²) in [6, 6.07) is 5.88. The lowest BCUT2D eigenvalue weighted by Gasteiger charge is -2.11. The van der Waals surface area contributed by atoms with E-state index in [1.807, 2.05) is 0 Å². The predicted octanol–water partition coefficient (Wildman–Crippen LogP) is 3.84. The zero-order chi connectivity index (χ0) is 14.0. The summed E-state index contributed by atoms with van der Waals surface area (Å²) in [4.78, 5) is 3.58. The molecule has 0 bridgehead atoms. The van der Waals surface area contributed by atoms with Crippen molar-refractivity contribution < 1.29 is 8.42 Å². The minimum Gasteiger partial charge on any atom is -0.278 e. The molecular formula is C11H7Cl3N2O2S. The molecule has 1 aromatic heterocycles. The van der Waals surface area contributed by atoms with Gasteiger partial charge in [0, 0.05) is 12.4 Å². The van der Waals surface area contributed by atoms with Gasteiger partial charge in [-0.05, 0) is 18.2 Å². The van der Waals surface area contributed by atoms with Crippen molar-refractivity contribution in [2.45, 2.75) is 4.90 Å². The summed E-state index contributed by atoms with van der Waals surface area (Å²) < 4.78 is 26.8. The minimum atomic E-state index is -3.92. The van der Waals surface area contributed by atoms with Crippen LogP contribution in [0.1, 0.15) is 0 Å². The quantitative estimate of drug-likeness (QED) is 0.925. The Morgan fingerprint density at radius 2 is 1.63 bits per heavy atom. The Morgan fingerprint density at radius 1 is 1.00 bits per heavy atom. The molecule has 1 N–H and O–H groups in total. The fourth-order valence-corrected chi connectivity index (χ4v) is 3.84. The minimum absolute atomic E-state index is 0.0326. The van der Waals surface area contributed by atoms with E-state index in [1.54, 1.807) is 6.07 Å². The molecular weight excluding hydrogens is 331 g/mol. The van der Waals surface area contributed by atoms with Crippen LogP contribution in [-0.2, 0) is 10.0 Å². The van der Waals surface area contributed by atoms with Crippen LogP contribution >= 0.6 is 34.8 Å². The molecule has 1 aromatic carbocycles. The van der Waals surface area contributed by atoms with Gasteiger partial charge in [0.2, 0.25) is 0 Å². The van der Waals surface area contributed by atoms with Crippen molar-refractivity contribution >= 4 is 50.5 Å². The van der Waals surface area contributed by atoms with Gasteiger partial charge in [-0.15, -0.1) is 0 Å². The van der Waals surface area contributed by atoms with Crippen molar-refractivity contribution in [2.75, 3.05) is 4.72 Å². The van der Waals surface area contributed by atoms with E-state index < -0.39 is 10.0 Å². The van der Waals surface area contributed by atoms with E-state index in [9.17, 15) is 8.42 Å². The van der Waals surface area contributed by atoms with Crippen LogP contribution in [0.4, 0.5) is 5.69 Å². The van der Waals surface area contributed by atoms with E-state index in [1.165, 1.54) is 30.6 Å². The van der Waals surface area contributed by atoms with Gasteiger partial charge in [0.25, 0.3) is 10.0 Å². The summed E-state index contributed by atoms with van der Waals surface area (Å²) in [6.07, 6.45) is 2.74. The molecule has 1 heterocycles. The zero-order valence-electron chi connectivity index (χ0n) is 9.27. The molecule has 2 rings (SSSR count). The number of anilines is 1. The van der Waals surface area contributed by atoms with Gasteiger partial charge >= 0.3 is 0 Å². The average Bonchev–Trinajstić information content (AvgIpc) is 2.31. The van der Waals surface area contributed by atoms with Crippen LogP contribution < -0.4 is 4.72 Å². The molecule has 19 heavy (non-hydrogen) atoms. The summed E-state index contributed by atoms with van der Waals surface area (Å²) in [6.45, 7) is 0. The topological polar surface area (TPSA) is 59.1 Å². The third-order valence-electron chi connectivity index (χ3n) is 2.20. The monoisotopic (exact) mass is 336 g/mol. The number of pyridine rings is 1. The molecule has 0 spiro atoms. The Labute approximate surface area is 125 Å². The third-order valence-corrected chi connectivity index (χ3v) is 4.83. The average molecular weight is 338 g/mol. The number of hydrogen-bond donors (Lipinski definition) is 1. The Morgan fingerprint density at radius 3 is 2.21 bits per heavy atom. The number of halogens is 3. The lowest BCUT2D eigenvalue weighted by Crippen LogP contribution is -2.14. The van der Waals surface area contributed by atoms with Crippen molar-refractivity contribution in [2.24, 2.45) is 0 Å². The maximum Gasteiger partial charge on any atom is 0.264 e. The molecule has 0 aliphatic rings. The van der Waals surface area contributed by atoms with Crippen LogP contribution in [0.25, 0.3) is 0 Å². The van der Waals surface area contributed by atoms with E-state index >= 15 is 0 Å². The lowest BCUT2D eigenvalue weighted by atomic mass is 10.4. The first-order valence-corrected chi connectivity index (χ1v) is 7.60. The number of sulfonamides is 1. The Hall–Kier alpha value is -1.01. The second-order valence-electron chi connectivity index (χ2n) is 3.51. The molecule has 4 nitrogen and oxygen atoms in total. The maximum atomic E-state index is 12.2. The molecule has 0 saturated carbocycles. The third kappa shape index (κ3) is 3.12. The number of aromatic nitrogens is 1. The van der Waals surface area contributed by atoms with Gasteiger partial charge in [0.15, 0.2) is 0 Å². The highest BCUT2D eigenvalue weighted by molar-refractivity contribution is 7.93. The van der Waals surface area contributed by atoms with Gasteiger partial charge in [-0.1, -0.05) is 40.9 Å². The summed E-state index contributed by atoms with van der Waals surface area (Å²) in [5.74, 6) is 0. The first-order chi connectivity index (χ1) is 8.92. The fraction of sp³-hybridized carbons (Fsp3) is 0. The maximum absolute atomic E-state index is 12.2. The highest BCUT2D eigenvalue weighted by Crippen LogP contribution is 2.31. The van der Waals surface area contributed by atoms with E-state index in [-0.39, 0.29) is 25.7 Å². The summed E-state index contributed by atoms with van der Waals surface area (Å²) in [5, 5.41) is 0.240. The van der Waals surface area contributed by atoms with Crippen LogP contribution in [-0.4, -0.2) is 13.4 Å². The van der Waals surface area contributed by atoms with Crippen LogP contribution in [0.15, 0.2) is 41.6 Å². The van der Waals surface area contributed by atoms with Crippen LogP contribution in [0.3, 0.4) is 0 Å². The molecule has 0 aliphatic heterocycles. The summed E-state index contributed by atoms with van der Waals surface area (Å²) in [7, 11) is -3.92. The van der Waals surface area contributed by atoms with Crippen LogP contribution in [0, 0.1) is 0 Å². The first-order valence-electron chi connectivity index (χ1n) is 4.98. The van der Waals surface area contributed by atoms with Gasteiger partial charge in [-0.25, -0.2) is 8.42 Å².